The van der Waals surface area contributed by atoms with Gasteiger partial charge in [-0.3, -0.25) is 14.5 Å². The van der Waals surface area contributed by atoms with Gasteiger partial charge >= 0.3 is 5.97 Å². The molecule has 1 aliphatic carbocycles. The van der Waals surface area contributed by atoms with E-state index >= 15 is 0 Å². The molecule has 5 atom stereocenters. The van der Waals surface area contributed by atoms with Gasteiger partial charge in [-0.15, -0.1) is 0 Å². The zero-order valence-electron chi connectivity index (χ0n) is 17.5. The van der Waals surface area contributed by atoms with Crippen LogP contribution in [0.4, 0.5) is 0 Å². The predicted octanol–water partition coefficient (Wildman–Crippen LogP) is 0.695. The number of nitrogens with one attached hydrogen (secondary N) is 4. The first-order valence-electron chi connectivity index (χ1n) is 10.9. The van der Waals surface area contributed by atoms with E-state index in [-0.39, 0.29) is 42.1 Å². The zero-order valence-corrected chi connectivity index (χ0v) is 17.5. The van der Waals surface area contributed by atoms with E-state index in [2.05, 4.69) is 33.3 Å². The summed E-state index contributed by atoms with van der Waals surface area (Å²) in [6, 6.07) is -0.402. The number of esters is 1. The second kappa shape index (κ2) is 10.0. The summed E-state index contributed by atoms with van der Waals surface area (Å²) < 4.78 is 5.48. The Labute approximate surface area is 168 Å². The maximum Gasteiger partial charge on any atom is 0.311 e. The second-order valence-corrected chi connectivity index (χ2v) is 8.70. The van der Waals surface area contributed by atoms with Crippen LogP contribution in [-0.2, 0) is 14.3 Å². The molecule has 0 radical (unpaired) electrons. The third kappa shape index (κ3) is 5.43. The molecule has 28 heavy (non-hydrogen) atoms. The Hall–Kier alpha value is -1.22. The Bertz CT molecular complexity index is 530. The standard InChI is InChI=1S/C20H37N5O3/c1-4-14-5-6-16(15(11-14)20(27)28-13(2)3)22-19(26)17-7-8-18(24-23-17)25-10-9-21-12-25/h13-18,21,23-24H,4-12H2,1-3H3,(H,22,26). The maximum absolute atomic E-state index is 12.8. The molecule has 3 fully saturated rings. The van der Waals surface area contributed by atoms with Gasteiger partial charge in [0.15, 0.2) is 0 Å². The molecule has 8 heteroatoms. The van der Waals surface area contributed by atoms with E-state index in [1.807, 2.05) is 13.8 Å². The van der Waals surface area contributed by atoms with Crippen molar-refractivity contribution in [3.8, 4) is 0 Å². The van der Waals surface area contributed by atoms with Crippen molar-refractivity contribution in [3.63, 3.8) is 0 Å². The minimum atomic E-state index is -0.266. The predicted molar refractivity (Wildman–Crippen MR) is 107 cm³/mol. The first-order chi connectivity index (χ1) is 13.5. The quantitative estimate of drug-likeness (QED) is 0.492. The summed E-state index contributed by atoms with van der Waals surface area (Å²) in [6.07, 6.45) is 5.58. The highest BCUT2D eigenvalue weighted by Gasteiger charge is 2.38. The zero-order chi connectivity index (χ0) is 20.1. The molecule has 1 saturated carbocycles. The van der Waals surface area contributed by atoms with Crippen LogP contribution in [0.25, 0.3) is 0 Å². The molecule has 1 amide bonds. The van der Waals surface area contributed by atoms with E-state index in [0.29, 0.717) is 5.92 Å². The average molecular weight is 396 g/mol. The molecule has 2 aliphatic heterocycles. The third-order valence-electron chi connectivity index (χ3n) is 6.32. The first-order valence-corrected chi connectivity index (χ1v) is 10.9. The maximum atomic E-state index is 12.8. The number of hydrogen-bond donors (Lipinski definition) is 4. The van der Waals surface area contributed by atoms with Crippen molar-refractivity contribution in [2.45, 2.75) is 83.6 Å². The molecule has 2 saturated heterocycles. The lowest BCUT2D eigenvalue weighted by Gasteiger charge is -2.38. The van der Waals surface area contributed by atoms with Crippen LogP contribution in [0.2, 0.25) is 0 Å². The number of ether oxygens (including phenoxy) is 1. The van der Waals surface area contributed by atoms with E-state index in [9.17, 15) is 9.59 Å². The minimum Gasteiger partial charge on any atom is -0.463 e. The van der Waals surface area contributed by atoms with Crippen molar-refractivity contribution in [2.24, 2.45) is 11.8 Å². The molecule has 0 aromatic carbocycles. The second-order valence-electron chi connectivity index (χ2n) is 8.70. The van der Waals surface area contributed by atoms with Crippen molar-refractivity contribution < 1.29 is 14.3 Å². The summed E-state index contributed by atoms with van der Waals surface area (Å²) in [4.78, 5) is 27.8. The van der Waals surface area contributed by atoms with E-state index in [0.717, 1.165) is 58.3 Å². The summed E-state index contributed by atoms with van der Waals surface area (Å²) in [5, 5.41) is 6.48. The van der Waals surface area contributed by atoms with Gasteiger partial charge in [0, 0.05) is 25.8 Å². The molecule has 0 spiro atoms. The fraction of sp³-hybridized carbons (Fsp3) is 0.900. The van der Waals surface area contributed by atoms with Crippen LogP contribution in [0.1, 0.15) is 59.3 Å². The monoisotopic (exact) mass is 395 g/mol. The molecule has 3 rings (SSSR count). The minimum absolute atomic E-state index is 0.0206. The van der Waals surface area contributed by atoms with Gasteiger partial charge in [-0.05, 0) is 51.9 Å². The molecule has 5 unspecified atom stereocenters. The lowest BCUT2D eigenvalue weighted by Crippen LogP contribution is -2.62. The Morgan fingerprint density at radius 2 is 2.00 bits per heavy atom. The Morgan fingerprint density at radius 3 is 2.61 bits per heavy atom. The Balaban J connectivity index is 1.53. The molecule has 160 valence electrons. The number of hydrazine groups is 1. The van der Waals surface area contributed by atoms with Crippen molar-refractivity contribution in [1.29, 1.82) is 0 Å². The van der Waals surface area contributed by atoms with Gasteiger partial charge in [-0.1, -0.05) is 13.3 Å². The van der Waals surface area contributed by atoms with Gasteiger partial charge in [0.05, 0.1) is 18.2 Å². The summed E-state index contributed by atoms with van der Waals surface area (Å²) in [7, 11) is 0. The highest BCUT2D eigenvalue weighted by molar-refractivity contribution is 5.83. The molecular weight excluding hydrogens is 358 g/mol. The number of amides is 1. The molecular formula is C20H37N5O3. The highest BCUT2D eigenvalue weighted by Crippen LogP contribution is 2.32. The van der Waals surface area contributed by atoms with Gasteiger partial charge in [0.1, 0.15) is 6.04 Å². The summed E-state index contributed by atoms with van der Waals surface area (Å²) >= 11 is 0. The van der Waals surface area contributed by atoms with Crippen LogP contribution in [0.5, 0.6) is 0 Å². The fourth-order valence-corrected chi connectivity index (χ4v) is 4.59. The van der Waals surface area contributed by atoms with Crippen LogP contribution in [0.15, 0.2) is 0 Å². The molecule has 4 N–H and O–H groups in total. The largest absolute Gasteiger partial charge is 0.463 e. The molecule has 0 aromatic rings. The van der Waals surface area contributed by atoms with Crippen LogP contribution in [-0.4, -0.2) is 60.9 Å². The van der Waals surface area contributed by atoms with E-state index < -0.39 is 0 Å². The Morgan fingerprint density at radius 1 is 1.18 bits per heavy atom. The van der Waals surface area contributed by atoms with Gasteiger partial charge in [-0.2, -0.15) is 0 Å². The van der Waals surface area contributed by atoms with Crippen LogP contribution < -0.4 is 21.5 Å². The average Bonchev–Trinajstić information content (AvgIpc) is 3.22. The summed E-state index contributed by atoms with van der Waals surface area (Å²) in [6.45, 7) is 8.83. The van der Waals surface area contributed by atoms with Gasteiger partial charge in [0.2, 0.25) is 5.91 Å². The number of hydrogen-bond acceptors (Lipinski definition) is 7. The molecule has 8 nitrogen and oxygen atoms in total. The fourth-order valence-electron chi connectivity index (χ4n) is 4.59. The van der Waals surface area contributed by atoms with E-state index in [1.54, 1.807) is 0 Å². The molecule has 3 aliphatic rings. The number of rotatable bonds is 6. The van der Waals surface area contributed by atoms with Crippen molar-refractivity contribution in [2.75, 3.05) is 19.8 Å². The van der Waals surface area contributed by atoms with Crippen molar-refractivity contribution in [1.82, 2.24) is 26.4 Å². The third-order valence-corrected chi connectivity index (χ3v) is 6.32. The van der Waals surface area contributed by atoms with Crippen LogP contribution in [0, 0.1) is 11.8 Å². The Kier molecular flexibility index (Phi) is 7.68. The summed E-state index contributed by atoms with van der Waals surface area (Å²) in [5.74, 6) is 0.0924. The van der Waals surface area contributed by atoms with Crippen LogP contribution >= 0.6 is 0 Å². The first kappa shape index (κ1) is 21.5. The van der Waals surface area contributed by atoms with Gasteiger partial charge in [-0.25, -0.2) is 10.9 Å². The van der Waals surface area contributed by atoms with E-state index in [1.165, 1.54) is 0 Å². The summed E-state index contributed by atoms with van der Waals surface area (Å²) in [5.41, 5.74) is 6.47. The number of carbonyl (C=O) groups is 2. The highest BCUT2D eigenvalue weighted by atomic mass is 16.5. The lowest BCUT2D eigenvalue weighted by molar-refractivity contribution is -0.155. The number of nitrogens with zero attached hydrogens (tertiary/aromatic N) is 1. The number of carbonyl (C=O) groups excluding carboxylic acids is 2. The molecule has 0 bridgehead atoms. The van der Waals surface area contributed by atoms with Crippen molar-refractivity contribution in [3.05, 3.63) is 0 Å². The van der Waals surface area contributed by atoms with Crippen molar-refractivity contribution >= 4 is 11.9 Å². The topological polar surface area (TPSA) is 94.7 Å². The smallest absolute Gasteiger partial charge is 0.311 e. The van der Waals surface area contributed by atoms with E-state index in [4.69, 9.17) is 4.74 Å². The lowest BCUT2D eigenvalue weighted by atomic mass is 9.76. The SMILES string of the molecule is CCC1CCC(NC(=O)C2CCC(N3CCNC3)NN2)C(C(=O)OC(C)C)C1. The van der Waals surface area contributed by atoms with Gasteiger partial charge < -0.3 is 15.4 Å². The van der Waals surface area contributed by atoms with Gasteiger partial charge in [0.25, 0.3) is 0 Å². The van der Waals surface area contributed by atoms with Crippen LogP contribution in [0.3, 0.4) is 0 Å². The molecule has 0 aromatic heterocycles. The normalized spacial score (nSPS) is 34.4. The molecule has 2 heterocycles.